The van der Waals surface area contributed by atoms with Crippen molar-refractivity contribution in [2.45, 2.75) is 25.8 Å². The molecule has 0 spiro atoms. The number of halogens is 1. The third kappa shape index (κ3) is 3.08. The Kier molecular flexibility index (Phi) is 4.35. The van der Waals surface area contributed by atoms with Gasteiger partial charge in [0.25, 0.3) is 5.91 Å². The highest BCUT2D eigenvalue weighted by Gasteiger charge is 2.39. The number of anilines is 2. The summed E-state index contributed by atoms with van der Waals surface area (Å²) in [4.78, 5) is 26.1. The topological polar surface area (TPSA) is 49.4 Å². The average molecular weight is 329 g/mol. The van der Waals surface area contributed by atoms with Crippen LogP contribution in [0.2, 0.25) is 5.02 Å². The molecule has 5 heteroatoms. The molecule has 1 N–H and O–H groups in total. The van der Waals surface area contributed by atoms with Gasteiger partial charge in [0.1, 0.15) is 6.04 Å². The molecule has 1 atom stereocenters. The monoisotopic (exact) mass is 328 g/mol. The Morgan fingerprint density at radius 3 is 2.48 bits per heavy atom. The lowest BCUT2D eigenvalue weighted by molar-refractivity contribution is -0.121. The minimum Gasteiger partial charge on any atom is -0.372 e. The van der Waals surface area contributed by atoms with Crippen LogP contribution in [-0.2, 0) is 16.0 Å². The molecule has 1 heterocycles. The van der Waals surface area contributed by atoms with E-state index in [2.05, 4.69) is 12.2 Å². The molecular formula is C18H17ClN2O2. The van der Waals surface area contributed by atoms with E-state index in [0.717, 1.165) is 6.42 Å². The zero-order chi connectivity index (χ0) is 16.4. The van der Waals surface area contributed by atoms with Crippen LogP contribution in [-0.4, -0.2) is 17.9 Å². The van der Waals surface area contributed by atoms with E-state index >= 15 is 0 Å². The lowest BCUT2D eigenvalue weighted by Crippen LogP contribution is -2.34. The summed E-state index contributed by atoms with van der Waals surface area (Å²) in [6.45, 7) is 2.06. The van der Waals surface area contributed by atoms with E-state index in [9.17, 15) is 9.59 Å². The number of nitrogens with zero attached hydrogens (tertiary/aromatic N) is 1. The Balaban J connectivity index is 1.80. The average Bonchev–Trinajstić information content (AvgIpc) is 2.84. The van der Waals surface area contributed by atoms with Crippen LogP contribution in [0, 0.1) is 0 Å². The number of para-hydroxylation sites is 1. The molecule has 1 saturated heterocycles. The highest BCUT2D eigenvalue weighted by molar-refractivity contribution is 6.33. The quantitative estimate of drug-likeness (QED) is 0.872. The van der Waals surface area contributed by atoms with E-state index in [-0.39, 0.29) is 18.2 Å². The fraction of sp³-hybridized carbons (Fsp3) is 0.222. The summed E-state index contributed by atoms with van der Waals surface area (Å²) in [6.07, 6.45) is 1.04. The minimum atomic E-state index is -0.590. The van der Waals surface area contributed by atoms with Gasteiger partial charge in [-0.25, -0.2) is 4.90 Å². The minimum absolute atomic E-state index is 0.125. The lowest BCUT2D eigenvalue weighted by atomic mass is 10.1. The number of aryl methyl sites for hydroxylation is 1. The van der Waals surface area contributed by atoms with Crippen molar-refractivity contribution in [3.8, 4) is 0 Å². The van der Waals surface area contributed by atoms with Crippen LogP contribution in [0.15, 0.2) is 48.5 Å². The zero-order valence-corrected chi connectivity index (χ0v) is 13.5. The Morgan fingerprint density at radius 2 is 1.83 bits per heavy atom. The van der Waals surface area contributed by atoms with Gasteiger partial charge in [0, 0.05) is 0 Å². The first-order chi connectivity index (χ1) is 11.1. The summed E-state index contributed by atoms with van der Waals surface area (Å²) in [5, 5.41) is 3.59. The van der Waals surface area contributed by atoms with Crippen molar-refractivity contribution >= 4 is 34.8 Å². The first-order valence-electron chi connectivity index (χ1n) is 7.57. The Hall–Kier alpha value is -2.33. The van der Waals surface area contributed by atoms with Gasteiger partial charge in [-0.1, -0.05) is 42.8 Å². The third-order valence-corrected chi connectivity index (χ3v) is 4.28. The Morgan fingerprint density at radius 1 is 1.13 bits per heavy atom. The molecule has 23 heavy (non-hydrogen) atoms. The van der Waals surface area contributed by atoms with Gasteiger partial charge in [-0.15, -0.1) is 0 Å². The summed E-state index contributed by atoms with van der Waals surface area (Å²) in [5.74, 6) is -0.456. The number of carbonyl (C=O) groups is 2. The van der Waals surface area contributed by atoms with Gasteiger partial charge in [-0.2, -0.15) is 0 Å². The summed E-state index contributed by atoms with van der Waals surface area (Å²) < 4.78 is 0. The van der Waals surface area contributed by atoms with E-state index in [1.165, 1.54) is 10.5 Å². The van der Waals surface area contributed by atoms with Crippen molar-refractivity contribution in [3.63, 3.8) is 0 Å². The lowest BCUT2D eigenvalue weighted by Gasteiger charge is -2.17. The first kappa shape index (κ1) is 15.6. The number of hydrogen-bond donors (Lipinski definition) is 1. The molecule has 2 aromatic rings. The molecule has 1 fully saturated rings. The van der Waals surface area contributed by atoms with Crippen LogP contribution in [0.5, 0.6) is 0 Å². The Labute approximate surface area is 140 Å². The van der Waals surface area contributed by atoms with Crippen molar-refractivity contribution in [2.75, 3.05) is 10.2 Å². The van der Waals surface area contributed by atoms with Crippen LogP contribution in [0.1, 0.15) is 18.9 Å². The maximum absolute atomic E-state index is 12.6. The molecule has 2 aromatic carbocycles. The number of imide groups is 1. The van der Waals surface area contributed by atoms with Crippen LogP contribution < -0.4 is 10.2 Å². The number of hydrogen-bond acceptors (Lipinski definition) is 3. The molecule has 1 aliphatic rings. The predicted octanol–water partition coefficient (Wildman–Crippen LogP) is 3.65. The maximum Gasteiger partial charge on any atom is 0.256 e. The van der Waals surface area contributed by atoms with E-state index in [4.69, 9.17) is 11.6 Å². The molecule has 0 unspecified atom stereocenters. The van der Waals surface area contributed by atoms with Crippen LogP contribution in [0.25, 0.3) is 0 Å². The zero-order valence-electron chi connectivity index (χ0n) is 12.8. The second-order valence-electron chi connectivity index (χ2n) is 5.47. The van der Waals surface area contributed by atoms with Crippen LogP contribution >= 0.6 is 11.6 Å². The van der Waals surface area contributed by atoms with E-state index in [0.29, 0.717) is 16.4 Å². The Bertz CT molecular complexity index is 743. The predicted molar refractivity (Wildman–Crippen MR) is 91.8 cm³/mol. The SMILES string of the molecule is CCc1ccc(N2C(=O)C[C@@H](Nc3ccccc3Cl)C2=O)cc1. The standard InChI is InChI=1S/C18H17ClN2O2/c1-2-12-7-9-13(10-8-12)21-17(22)11-16(18(21)23)20-15-6-4-3-5-14(15)19/h3-10,16,20H,2,11H2,1H3/t16-/m1/s1. The molecule has 2 amide bonds. The highest BCUT2D eigenvalue weighted by atomic mass is 35.5. The van der Waals surface area contributed by atoms with Crippen LogP contribution in [0.3, 0.4) is 0 Å². The van der Waals surface area contributed by atoms with Gasteiger partial charge in [-0.05, 0) is 36.2 Å². The van der Waals surface area contributed by atoms with Crippen molar-refractivity contribution in [1.82, 2.24) is 0 Å². The summed E-state index contributed by atoms with van der Waals surface area (Å²) in [6, 6.07) is 14.1. The van der Waals surface area contributed by atoms with E-state index in [1.54, 1.807) is 12.1 Å². The molecule has 0 radical (unpaired) electrons. The molecule has 0 aliphatic carbocycles. The maximum atomic E-state index is 12.6. The van der Waals surface area contributed by atoms with Crippen molar-refractivity contribution < 1.29 is 9.59 Å². The van der Waals surface area contributed by atoms with E-state index in [1.807, 2.05) is 36.4 Å². The number of amides is 2. The van der Waals surface area contributed by atoms with Gasteiger partial charge in [0.05, 0.1) is 22.8 Å². The normalized spacial score (nSPS) is 17.7. The van der Waals surface area contributed by atoms with Crippen LogP contribution in [0.4, 0.5) is 11.4 Å². The van der Waals surface area contributed by atoms with Gasteiger partial charge in [-0.3, -0.25) is 9.59 Å². The largest absolute Gasteiger partial charge is 0.372 e. The van der Waals surface area contributed by atoms with Gasteiger partial charge >= 0.3 is 0 Å². The third-order valence-electron chi connectivity index (χ3n) is 3.95. The van der Waals surface area contributed by atoms with Gasteiger partial charge in [0.2, 0.25) is 5.91 Å². The smallest absolute Gasteiger partial charge is 0.256 e. The fourth-order valence-electron chi connectivity index (χ4n) is 2.66. The summed E-state index contributed by atoms with van der Waals surface area (Å²) in [5.41, 5.74) is 2.43. The number of benzene rings is 2. The molecular weight excluding hydrogens is 312 g/mol. The molecule has 0 aromatic heterocycles. The summed E-state index contributed by atoms with van der Waals surface area (Å²) >= 11 is 6.10. The molecule has 1 aliphatic heterocycles. The molecule has 0 saturated carbocycles. The van der Waals surface area contributed by atoms with Gasteiger partial charge < -0.3 is 5.32 Å². The number of rotatable bonds is 4. The first-order valence-corrected chi connectivity index (χ1v) is 7.94. The van der Waals surface area contributed by atoms with E-state index < -0.39 is 6.04 Å². The number of carbonyl (C=O) groups excluding carboxylic acids is 2. The summed E-state index contributed by atoms with van der Waals surface area (Å²) in [7, 11) is 0. The molecule has 4 nitrogen and oxygen atoms in total. The highest BCUT2D eigenvalue weighted by Crippen LogP contribution is 2.28. The van der Waals surface area contributed by atoms with Gasteiger partial charge in [0.15, 0.2) is 0 Å². The second-order valence-corrected chi connectivity index (χ2v) is 5.88. The van der Waals surface area contributed by atoms with Crippen molar-refractivity contribution in [2.24, 2.45) is 0 Å². The second kappa shape index (κ2) is 6.42. The molecule has 118 valence electrons. The number of nitrogens with one attached hydrogen (secondary N) is 1. The fourth-order valence-corrected chi connectivity index (χ4v) is 2.85. The molecule has 3 rings (SSSR count). The van der Waals surface area contributed by atoms with Crippen molar-refractivity contribution in [3.05, 3.63) is 59.1 Å². The molecule has 0 bridgehead atoms. The van der Waals surface area contributed by atoms with Crippen molar-refractivity contribution in [1.29, 1.82) is 0 Å².